The normalized spacial score (nSPS) is 13.8. The highest BCUT2D eigenvalue weighted by Gasteiger charge is 2.17. The van der Waals surface area contributed by atoms with Gasteiger partial charge in [-0.15, -0.1) is 0 Å². The van der Waals surface area contributed by atoms with Crippen LogP contribution in [-0.2, 0) is 4.08 Å². The molecule has 3 nitrogen and oxygen atoms in total. The number of benzene rings is 2. The summed E-state index contributed by atoms with van der Waals surface area (Å²) >= 11 is 5.14. The van der Waals surface area contributed by atoms with Crippen LogP contribution in [-0.4, -0.2) is 4.89 Å². The minimum atomic E-state index is -2.11. The van der Waals surface area contributed by atoms with E-state index in [1.807, 2.05) is 43.3 Å². The van der Waals surface area contributed by atoms with Crippen LogP contribution in [0, 0.1) is 6.92 Å². The van der Waals surface area contributed by atoms with Crippen molar-refractivity contribution in [1.82, 2.24) is 0 Å². The van der Waals surface area contributed by atoms with Gasteiger partial charge in [-0.2, -0.15) is 4.08 Å². The average Bonchev–Trinajstić information content (AvgIpc) is 2.49. The van der Waals surface area contributed by atoms with Gasteiger partial charge >= 0.3 is 8.60 Å². The number of rotatable bonds is 5. The Labute approximate surface area is 125 Å². The Morgan fingerprint density at radius 1 is 1.15 bits per heavy atom. The fourth-order valence-electron chi connectivity index (χ4n) is 2.11. The minimum absolute atomic E-state index is 0.143. The predicted molar refractivity (Wildman–Crippen MR) is 81.8 cm³/mol. The predicted octanol–water partition coefficient (Wildman–Crippen LogP) is 4.92. The molecule has 0 aliphatic carbocycles. The molecular weight excluding hydrogens is 295 g/mol. The summed E-state index contributed by atoms with van der Waals surface area (Å²) in [6, 6.07) is 15.9. The first-order chi connectivity index (χ1) is 9.61. The maximum Gasteiger partial charge on any atom is 0.412 e. The highest BCUT2D eigenvalue weighted by molar-refractivity contribution is 7.42. The smallest absolute Gasteiger partial charge is 0.412 e. The second kappa shape index (κ2) is 7.05. The van der Waals surface area contributed by atoms with Crippen molar-refractivity contribution in [2.75, 3.05) is 0 Å². The number of hydrogen-bond donors (Lipinski definition) is 1. The second-order valence-corrected chi connectivity index (χ2v) is 5.78. The first kappa shape index (κ1) is 15.3. The summed E-state index contributed by atoms with van der Waals surface area (Å²) in [6.45, 7) is 4.11. The molecule has 0 bridgehead atoms. The van der Waals surface area contributed by atoms with E-state index < -0.39 is 8.60 Å². The summed E-state index contributed by atoms with van der Waals surface area (Å²) in [7, 11) is -2.11. The van der Waals surface area contributed by atoms with Gasteiger partial charge in [-0.05, 0) is 18.6 Å². The highest BCUT2D eigenvalue weighted by Crippen LogP contribution is 2.41. The van der Waals surface area contributed by atoms with Crippen molar-refractivity contribution in [3.05, 3.63) is 65.2 Å². The summed E-state index contributed by atoms with van der Waals surface area (Å²) < 4.78 is 9.65. The molecule has 20 heavy (non-hydrogen) atoms. The molecule has 0 radical (unpaired) electrons. The summed E-state index contributed by atoms with van der Waals surface area (Å²) in [5, 5.41) is 0. The summed E-state index contributed by atoms with van der Waals surface area (Å²) in [4.78, 5) is 9.45. The molecule has 106 valence electrons. The van der Waals surface area contributed by atoms with Gasteiger partial charge in [0.05, 0.1) is 11.9 Å². The number of hydrogen-bond acceptors (Lipinski definition) is 3. The van der Waals surface area contributed by atoms with E-state index in [1.165, 1.54) is 5.56 Å². The molecular formula is C15H16ClO3P. The Bertz CT molecular complexity index is 562. The second-order valence-electron chi connectivity index (χ2n) is 4.57. The van der Waals surface area contributed by atoms with Crippen molar-refractivity contribution in [2.24, 2.45) is 0 Å². The first-order valence-electron chi connectivity index (χ1n) is 6.23. The van der Waals surface area contributed by atoms with Gasteiger partial charge in [-0.3, -0.25) is 0 Å². The van der Waals surface area contributed by atoms with Crippen LogP contribution in [0.2, 0.25) is 0 Å². The molecule has 0 spiro atoms. The van der Waals surface area contributed by atoms with Gasteiger partial charge in [-0.1, -0.05) is 55.0 Å². The average molecular weight is 311 g/mol. The van der Waals surface area contributed by atoms with Crippen LogP contribution in [0.4, 0.5) is 0 Å². The van der Waals surface area contributed by atoms with Gasteiger partial charge in [0.15, 0.2) is 0 Å². The van der Waals surface area contributed by atoms with Crippen LogP contribution in [0.1, 0.15) is 29.5 Å². The molecule has 1 N–H and O–H groups in total. The maximum atomic E-state index is 9.45. The lowest BCUT2D eigenvalue weighted by Crippen LogP contribution is -2.00. The largest absolute Gasteiger partial charge is 0.426 e. The standard InChI is InChI=1S/C15H16ClO3P/c1-11-8-9-15(18-20(17)19-16)14(10-11)12(2)13-6-4-3-5-7-13/h3-10,12,17H,1-2H3. The van der Waals surface area contributed by atoms with Gasteiger partial charge in [-0.25, -0.2) is 0 Å². The summed E-state index contributed by atoms with van der Waals surface area (Å²) in [6.07, 6.45) is 0. The van der Waals surface area contributed by atoms with E-state index >= 15 is 0 Å². The van der Waals surface area contributed by atoms with Crippen LogP contribution < -0.4 is 4.52 Å². The maximum absolute atomic E-state index is 9.45. The van der Waals surface area contributed by atoms with Gasteiger partial charge < -0.3 is 9.42 Å². The van der Waals surface area contributed by atoms with E-state index in [1.54, 1.807) is 0 Å². The number of aryl methyl sites for hydroxylation is 1. The topological polar surface area (TPSA) is 38.7 Å². The minimum Gasteiger partial charge on any atom is -0.426 e. The van der Waals surface area contributed by atoms with Crippen LogP contribution in [0.15, 0.2) is 48.5 Å². The highest BCUT2D eigenvalue weighted by atomic mass is 35.5. The third-order valence-electron chi connectivity index (χ3n) is 3.17. The van der Waals surface area contributed by atoms with Crippen molar-refractivity contribution in [3.63, 3.8) is 0 Å². The van der Waals surface area contributed by atoms with Gasteiger partial charge in [0.2, 0.25) is 0 Å². The van der Waals surface area contributed by atoms with E-state index in [0.717, 1.165) is 11.1 Å². The van der Waals surface area contributed by atoms with E-state index in [2.05, 4.69) is 23.1 Å². The van der Waals surface area contributed by atoms with Crippen molar-refractivity contribution in [1.29, 1.82) is 0 Å². The van der Waals surface area contributed by atoms with Gasteiger partial charge in [0.25, 0.3) is 0 Å². The molecule has 2 rings (SSSR count). The summed E-state index contributed by atoms with van der Waals surface area (Å²) in [5.74, 6) is 0.728. The van der Waals surface area contributed by atoms with E-state index in [9.17, 15) is 4.89 Å². The fourth-order valence-corrected chi connectivity index (χ4v) is 2.56. The van der Waals surface area contributed by atoms with E-state index in [0.29, 0.717) is 5.75 Å². The zero-order chi connectivity index (χ0) is 14.5. The molecule has 5 heteroatoms. The summed E-state index contributed by atoms with van der Waals surface area (Å²) in [5.41, 5.74) is 3.30. The monoisotopic (exact) mass is 310 g/mol. The molecule has 0 aliphatic rings. The van der Waals surface area contributed by atoms with Crippen LogP contribution in [0.25, 0.3) is 0 Å². The molecule has 0 aliphatic heterocycles. The van der Waals surface area contributed by atoms with Crippen molar-refractivity contribution >= 4 is 20.5 Å². The molecule has 2 aromatic rings. The third kappa shape index (κ3) is 3.71. The van der Waals surface area contributed by atoms with Crippen molar-refractivity contribution in [3.8, 4) is 5.75 Å². The van der Waals surface area contributed by atoms with Crippen LogP contribution in [0.3, 0.4) is 0 Å². The Morgan fingerprint density at radius 2 is 1.85 bits per heavy atom. The molecule has 0 saturated carbocycles. The number of halogens is 1. The Balaban J connectivity index is 2.36. The van der Waals surface area contributed by atoms with Gasteiger partial charge in [0, 0.05) is 11.5 Å². The molecule has 0 aromatic heterocycles. The lowest BCUT2D eigenvalue weighted by Gasteiger charge is -2.18. The van der Waals surface area contributed by atoms with Crippen molar-refractivity contribution in [2.45, 2.75) is 19.8 Å². The molecule has 0 heterocycles. The molecule has 0 fully saturated rings. The molecule has 2 aromatic carbocycles. The Hall–Kier alpha value is -1.12. The Kier molecular flexibility index (Phi) is 5.38. The first-order valence-corrected chi connectivity index (χ1v) is 7.67. The molecule has 0 saturated heterocycles. The molecule has 2 unspecified atom stereocenters. The Morgan fingerprint density at radius 3 is 2.50 bits per heavy atom. The van der Waals surface area contributed by atoms with Crippen molar-refractivity contribution < 1.29 is 13.5 Å². The van der Waals surface area contributed by atoms with E-state index in [-0.39, 0.29) is 5.92 Å². The lowest BCUT2D eigenvalue weighted by atomic mass is 9.91. The SMILES string of the molecule is Cc1ccc(OP(O)OCl)c(C(C)c2ccccc2)c1. The third-order valence-corrected chi connectivity index (χ3v) is 3.99. The molecule has 0 amide bonds. The van der Waals surface area contributed by atoms with Crippen LogP contribution >= 0.6 is 20.5 Å². The van der Waals surface area contributed by atoms with E-state index in [4.69, 9.17) is 16.4 Å². The van der Waals surface area contributed by atoms with Gasteiger partial charge in [0.1, 0.15) is 5.75 Å². The zero-order valence-corrected chi connectivity index (χ0v) is 12.9. The van der Waals surface area contributed by atoms with Crippen LogP contribution in [0.5, 0.6) is 5.75 Å². The molecule has 2 atom stereocenters. The lowest BCUT2D eigenvalue weighted by molar-refractivity contribution is 0.394. The fraction of sp³-hybridized carbons (Fsp3) is 0.200. The quantitative estimate of drug-likeness (QED) is 0.797. The zero-order valence-electron chi connectivity index (χ0n) is 11.3.